The Balaban J connectivity index is 2.19. The first kappa shape index (κ1) is 20.9. The third kappa shape index (κ3) is 5.05. The van der Waals surface area contributed by atoms with E-state index < -0.39 is 17.4 Å². The highest BCUT2D eigenvalue weighted by atomic mass is 35.5. The molecular formula is C19H16ClN3O5. The van der Waals surface area contributed by atoms with E-state index in [0.29, 0.717) is 17.0 Å². The number of hydrogen-bond acceptors (Lipinski definition) is 6. The predicted molar refractivity (Wildman–Crippen MR) is 103 cm³/mol. The first-order valence-electron chi connectivity index (χ1n) is 8.17. The average molecular weight is 402 g/mol. The average Bonchev–Trinajstić information content (AvgIpc) is 2.68. The number of nitro groups is 1. The summed E-state index contributed by atoms with van der Waals surface area (Å²) in [6, 6.07) is 10.5. The Bertz CT molecular complexity index is 955. The molecule has 0 unspecified atom stereocenters. The maximum atomic E-state index is 12.7. The molecule has 0 aliphatic carbocycles. The molecule has 0 saturated heterocycles. The van der Waals surface area contributed by atoms with Gasteiger partial charge in [-0.05, 0) is 36.8 Å². The van der Waals surface area contributed by atoms with Gasteiger partial charge in [0.1, 0.15) is 5.75 Å². The lowest BCUT2D eigenvalue weighted by Gasteiger charge is -2.22. The van der Waals surface area contributed by atoms with Crippen LogP contribution < -0.4 is 9.64 Å². The van der Waals surface area contributed by atoms with Gasteiger partial charge in [0, 0.05) is 29.4 Å². The van der Waals surface area contributed by atoms with E-state index in [2.05, 4.69) is 0 Å². The Kier molecular flexibility index (Phi) is 7.07. The van der Waals surface area contributed by atoms with Gasteiger partial charge >= 0.3 is 0 Å². The van der Waals surface area contributed by atoms with Gasteiger partial charge in [-0.3, -0.25) is 19.7 Å². The summed E-state index contributed by atoms with van der Waals surface area (Å²) in [5.41, 5.74) is 1.04. The first-order chi connectivity index (χ1) is 13.4. The molecule has 0 heterocycles. The van der Waals surface area contributed by atoms with Crippen LogP contribution in [-0.4, -0.2) is 30.3 Å². The maximum Gasteiger partial charge on any atom is 0.270 e. The molecule has 0 aliphatic heterocycles. The summed E-state index contributed by atoms with van der Waals surface area (Å²) in [4.78, 5) is 35.4. The number of non-ortho nitro benzene ring substituents is 1. The van der Waals surface area contributed by atoms with Crippen molar-refractivity contribution in [3.05, 3.63) is 62.7 Å². The number of carbonyl (C=O) groups excluding carboxylic acids is 2. The number of rotatable bonds is 8. The Labute approximate surface area is 166 Å². The minimum atomic E-state index is -0.631. The quantitative estimate of drug-likeness (QED) is 0.378. The highest BCUT2D eigenvalue weighted by Gasteiger charge is 2.18. The fraction of sp³-hybridized carbons (Fsp3) is 0.211. The van der Waals surface area contributed by atoms with Crippen LogP contribution in [-0.2, 0) is 4.79 Å². The minimum absolute atomic E-state index is 0.0343. The largest absolute Gasteiger partial charge is 0.483 e. The van der Waals surface area contributed by atoms with Crippen molar-refractivity contribution in [1.82, 2.24) is 0 Å². The number of carbonyl (C=O) groups is 2. The molecule has 1 amide bonds. The third-order valence-corrected chi connectivity index (χ3v) is 4.31. The number of aldehydes is 1. The summed E-state index contributed by atoms with van der Waals surface area (Å²) >= 11 is 6.02. The normalized spacial score (nSPS) is 10.0. The molecular weight excluding hydrogens is 386 g/mol. The van der Waals surface area contributed by atoms with E-state index in [1.165, 1.54) is 17.0 Å². The van der Waals surface area contributed by atoms with Gasteiger partial charge in [-0.25, -0.2) is 0 Å². The number of anilines is 1. The lowest BCUT2D eigenvalue weighted by Crippen LogP contribution is -2.35. The van der Waals surface area contributed by atoms with Crippen LogP contribution in [0.3, 0.4) is 0 Å². The van der Waals surface area contributed by atoms with E-state index in [0.717, 1.165) is 11.6 Å². The molecule has 8 nitrogen and oxygen atoms in total. The fourth-order valence-electron chi connectivity index (χ4n) is 2.45. The molecule has 2 aromatic carbocycles. The summed E-state index contributed by atoms with van der Waals surface area (Å²) < 4.78 is 5.41. The highest BCUT2D eigenvalue weighted by Crippen LogP contribution is 2.25. The van der Waals surface area contributed by atoms with Crippen molar-refractivity contribution < 1.29 is 19.2 Å². The van der Waals surface area contributed by atoms with Crippen LogP contribution in [0.1, 0.15) is 22.3 Å². The zero-order valence-electron chi connectivity index (χ0n) is 14.9. The number of nitrogens with zero attached hydrogens (tertiary/aromatic N) is 3. The van der Waals surface area contributed by atoms with Crippen molar-refractivity contribution in [2.45, 2.75) is 13.3 Å². The lowest BCUT2D eigenvalue weighted by molar-refractivity contribution is -0.384. The van der Waals surface area contributed by atoms with E-state index in [4.69, 9.17) is 21.6 Å². The van der Waals surface area contributed by atoms with Gasteiger partial charge in [0.25, 0.3) is 11.6 Å². The summed E-state index contributed by atoms with van der Waals surface area (Å²) in [6.45, 7) is 1.54. The smallest absolute Gasteiger partial charge is 0.270 e. The SMILES string of the molecule is Cc1cc(N(CCC#N)C(=O)COc2ccc([N+](=O)[O-])cc2C=O)ccc1Cl. The Morgan fingerprint density at radius 3 is 2.71 bits per heavy atom. The van der Waals surface area contributed by atoms with Crippen LogP contribution in [0.5, 0.6) is 5.75 Å². The van der Waals surface area contributed by atoms with Crippen molar-refractivity contribution in [3.8, 4) is 11.8 Å². The first-order valence-corrected chi connectivity index (χ1v) is 8.55. The monoisotopic (exact) mass is 401 g/mol. The second-order valence-corrected chi connectivity index (χ2v) is 6.18. The standard InChI is InChI=1S/C19H16ClN3O5/c1-13-9-15(3-5-17(13)20)22(8-2-7-21)19(25)12-28-18-6-4-16(23(26)27)10-14(18)11-24/h3-6,9-11H,2,8,12H2,1H3. The molecule has 2 aromatic rings. The Morgan fingerprint density at radius 2 is 2.11 bits per heavy atom. The number of benzene rings is 2. The summed E-state index contributed by atoms with van der Waals surface area (Å²) in [6.07, 6.45) is 0.535. The molecule has 0 radical (unpaired) electrons. The van der Waals surface area contributed by atoms with Crippen LogP contribution in [0.25, 0.3) is 0 Å². The molecule has 0 fully saturated rings. The molecule has 0 spiro atoms. The molecule has 0 bridgehead atoms. The topological polar surface area (TPSA) is 114 Å². The molecule has 0 aromatic heterocycles. The van der Waals surface area contributed by atoms with Crippen LogP contribution in [0, 0.1) is 28.4 Å². The van der Waals surface area contributed by atoms with E-state index in [1.807, 2.05) is 6.07 Å². The number of aryl methyl sites for hydroxylation is 1. The van der Waals surface area contributed by atoms with Crippen LogP contribution in [0.15, 0.2) is 36.4 Å². The molecule has 0 atom stereocenters. The highest BCUT2D eigenvalue weighted by molar-refractivity contribution is 6.31. The number of amides is 1. The van der Waals surface area contributed by atoms with Crippen molar-refractivity contribution in [2.75, 3.05) is 18.1 Å². The minimum Gasteiger partial charge on any atom is -0.483 e. The van der Waals surface area contributed by atoms with Crippen molar-refractivity contribution >= 4 is 35.2 Å². The van der Waals surface area contributed by atoms with E-state index >= 15 is 0 Å². The summed E-state index contributed by atoms with van der Waals surface area (Å²) in [5.74, 6) is -0.381. The Hall–Kier alpha value is -3.44. The van der Waals surface area contributed by atoms with Crippen LogP contribution in [0.4, 0.5) is 11.4 Å². The van der Waals surface area contributed by atoms with E-state index in [1.54, 1.807) is 25.1 Å². The zero-order chi connectivity index (χ0) is 20.7. The lowest BCUT2D eigenvalue weighted by atomic mass is 10.2. The molecule has 9 heteroatoms. The van der Waals surface area contributed by atoms with Crippen molar-refractivity contribution in [2.24, 2.45) is 0 Å². The van der Waals surface area contributed by atoms with Crippen molar-refractivity contribution in [3.63, 3.8) is 0 Å². The fourth-order valence-corrected chi connectivity index (χ4v) is 2.56. The summed E-state index contributed by atoms with van der Waals surface area (Å²) in [7, 11) is 0. The number of hydrogen-bond donors (Lipinski definition) is 0. The summed E-state index contributed by atoms with van der Waals surface area (Å²) in [5, 5.41) is 20.2. The third-order valence-electron chi connectivity index (χ3n) is 3.88. The van der Waals surface area contributed by atoms with Gasteiger partial charge in [-0.15, -0.1) is 0 Å². The van der Waals surface area contributed by atoms with Gasteiger partial charge in [-0.2, -0.15) is 5.26 Å². The van der Waals surface area contributed by atoms with Crippen molar-refractivity contribution in [1.29, 1.82) is 5.26 Å². The number of nitriles is 1. The molecule has 28 heavy (non-hydrogen) atoms. The predicted octanol–water partition coefficient (Wildman–Crippen LogP) is 3.69. The number of ether oxygens (including phenoxy) is 1. The number of nitro benzene ring substituents is 1. The number of halogens is 1. The van der Waals surface area contributed by atoms with Crippen LogP contribution in [0.2, 0.25) is 5.02 Å². The van der Waals surface area contributed by atoms with E-state index in [9.17, 15) is 19.7 Å². The van der Waals surface area contributed by atoms with Gasteiger partial charge in [0.05, 0.1) is 23.0 Å². The zero-order valence-corrected chi connectivity index (χ0v) is 15.7. The molecule has 2 rings (SSSR count). The molecule has 0 saturated carbocycles. The second kappa shape index (κ2) is 9.48. The van der Waals surface area contributed by atoms with Crippen LogP contribution >= 0.6 is 11.6 Å². The second-order valence-electron chi connectivity index (χ2n) is 5.77. The van der Waals surface area contributed by atoms with E-state index in [-0.39, 0.29) is 30.0 Å². The molecule has 0 aliphatic rings. The van der Waals surface area contributed by atoms with Gasteiger partial charge in [0.2, 0.25) is 0 Å². The Morgan fingerprint density at radius 1 is 1.36 bits per heavy atom. The van der Waals surface area contributed by atoms with Gasteiger partial charge in [-0.1, -0.05) is 11.6 Å². The van der Waals surface area contributed by atoms with Gasteiger partial charge in [0.15, 0.2) is 12.9 Å². The maximum absolute atomic E-state index is 12.7. The molecule has 144 valence electrons. The van der Waals surface area contributed by atoms with Gasteiger partial charge < -0.3 is 9.64 Å². The molecule has 0 N–H and O–H groups in total.